The lowest BCUT2D eigenvalue weighted by molar-refractivity contribution is -0.275. The monoisotopic (exact) mass is 845 g/mol. The molecule has 0 spiro atoms. The van der Waals surface area contributed by atoms with Gasteiger partial charge in [-0.05, 0) is 85.7 Å². The van der Waals surface area contributed by atoms with Gasteiger partial charge in [-0.2, -0.15) is 0 Å². The molecule has 3 aromatic carbocycles. The van der Waals surface area contributed by atoms with Crippen molar-refractivity contribution in [2.24, 2.45) is 17.6 Å². The average Bonchev–Trinajstić information content (AvgIpc) is 3.82. The van der Waals surface area contributed by atoms with Gasteiger partial charge in [0.2, 0.25) is 11.6 Å². The maximum Gasteiger partial charge on any atom is 0.573 e. The standard InChI is InChI=1S/C45H50F3N3O8Si/c1-43(2,3)60(5,6)59-44-30(36(49)39-35(41(44)54)42(50-58-39)56-24-26-16-11-8-12-17-26)21-27-20-29-34(37(52)33(27)40(44)53)32(55-23-25-14-9-7-10-15-25)22-28(31-18-13-19-51(31)4)38(29)57-45(46,47)48/h7-12,14-17,22,27,30-31,36,52H,13,18-21,23-24,49H2,1-6H3/t27-,30-,31-,36-,44?/m0/s1. The number of hydrogen-bond acceptors (Lipinski definition) is 11. The van der Waals surface area contributed by atoms with Crippen molar-refractivity contribution in [3.63, 3.8) is 0 Å². The number of ether oxygens (including phenoxy) is 3. The van der Waals surface area contributed by atoms with Crippen molar-refractivity contribution in [1.82, 2.24) is 10.1 Å². The minimum absolute atomic E-state index is 0.0164. The van der Waals surface area contributed by atoms with Crippen LogP contribution in [-0.2, 0) is 28.9 Å². The minimum atomic E-state index is -5.08. The molecule has 11 nitrogen and oxygen atoms in total. The number of benzene rings is 3. The molecule has 2 heterocycles. The van der Waals surface area contributed by atoms with Crippen molar-refractivity contribution < 1.29 is 51.0 Å². The zero-order chi connectivity index (χ0) is 42.9. The molecule has 318 valence electrons. The number of alkyl halides is 3. The van der Waals surface area contributed by atoms with E-state index >= 15 is 9.59 Å². The Bertz CT molecular complexity index is 2340. The van der Waals surface area contributed by atoms with Crippen LogP contribution in [0.2, 0.25) is 18.1 Å². The van der Waals surface area contributed by atoms with Gasteiger partial charge in [-0.1, -0.05) is 81.4 Å². The lowest BCUT2D eigenvalue weighted by atomic mass is 9.57. The van der Waals surface area contributed by atoms with Gasteiger partial charge in [0.25, 0.3) is 5.88 Å². The molecule has 1 saturated carbocycles. The first-order chi connectivity index (χ1) is 28.3. The number of rotatable bonds is 10. The summed E-state index contributed by atoms with van der Waals surface area (Å²) in [5, 5.41) is 16.2. The van der Waals surface area contributed by atoms with E-state index in [9.17, 15) is 18.3 Å². The zero-order valence-electron chi connectivity index (χ0n) is 34.5. The van der Waals surface area contributed by atoms with E-state index in [0.717, 1.165) is 17.5 Å². The number of carbonyl (C=O) groups is 2. The third kappa shape index (κ3) is 7.12. The van der Waals surface area contributed by atoms with Crippen molar-refractivity contribution in [3.8, 4) is 17.4 Å². The average molecular weight is 846 g/mol. The first-order valence-electron chi connectivity index (χ1n) is 20.3. The lowest BCUT2D eigenvalue weighted by Gasteiger charge is -2.53. The molecule has 4 aromatic rings. The van der Waals surface area contributed by atoms with E-state index < -0.39 is 72.3 Å². The Hall–Kier alpha value is -4.96. The molecule has 15 heteroatoms. The molecular formula is C45H50F3N3O8Si. The van der Waals surface area contributed by atoms with E-state index in [1.807, 2.05) is 106 Å². The van der Waals surface area contributed by atoms with Gasteiger partial charge in [0, 0.05) is 28.7 Å². The Labute approximate surface area is 347 Å². The molecule has 5 atom stereocenters. The highest BCUT2D eigenvalue weighted by atomic mass is 28.4. The molecule has 2 fully saturated rings. The Morgan fingerprint density at radius 2 is 1.60 bits per heavy atom. The fourth-order valence-corrected chi connectivity index (χ4v) is 10.6. The van der Waals surface area contributed by atoms with E-state index in [1.54, 1.807) is 0 Å². The van der Waals surface area contributed by atoms with Crippen LogP contribution in [0.25, 0.3) is 5.76 Å². The van der Waals surface area contributed by atoms with Gasteiger partial charge in [-0.15, -0.1) is 13.2 Å². The Balaban J connectivity index is 1.32. The quantitative estimate of drug-likeness (QED) is 0.116. The Morgan fingerprint density at radius 3 is 2.18 bits per heavy atom. The van der Waals surface area contributed by atoms with Gasteiger partial charge in [-0.3, -0.25) is 14.5 Å². The normalized spacial score (nSPS) is 24.4. The molecule has 0 amide bonds. The van der Waals surface area contributed by atoms with Crippen LogP contribution >= 0.6 is 0 Å². The van der Waals surface area contributed by atoms with Crippen molar-refractivity contribution in [2.45, 2.75) is 102 Å². The molecule has 1 unspecified atom stereocenters. The van der Waals surface area contributed by atoms with Crippen LogP contribution in [0.3, 0.4) is 0 Å². The maximum atomic E-state index is 15.7. The highest BCUT2D eigenvalue weighted by molar-refractivity contribution is 6.74. The van der Waals surface area contributed by atoms with E-state index in [2.05, 4.69) is 5.16 Å². The summed E-state index contributed by atoms with van der Waals surface area (Å²) in [7, 11) is -1.22. The van der Waals surface area contributed by atoms with E-state index in [1.165, 1.54) is 6.07 Å². The second-order valence-electron chi connectivity index (χ2n) is 17.9. The summed E-state index contributed by atoms with van der Waals surface area (Å²) in [5.74, 6) is -4.59. The summed E-state index contributed by atoms with van der Waals surface area (Å²) in [4.78, 5) is 33.0. The van der Waals surface area contributed by atoms with Crippen LogP contribution in [0.1, 0.15) is 96.1 Å². The van der Waals surface area contributed by atoms with E-state index in [0.29, 0.717) is 13.0 Å². The topological polar surface area (TPSA) is 147 Å². The summed E-state index contributed by atoms with van der Waals surface area (Å²) in [6.07, 6.45) is -3.93. The van der Waals surface area contributed by atoms with Gasteiger partial charge in [-0.25, -0.2) is 0 Å². The van der Waals surface area contributed by atoms with E-state index in [-0.39, 0.29) is 71.3 Å². The number of aliphatic hydroxyl groups is 1. The van der Waals surface area contributed by atoms with Gasteiger partial charge in [0.1, 0.15) is 36.0 Å². The second kappa shape index (κ2) is 15.2. The van der Waals surface area contributed by atoms with Crippen LogP contribution in [0.15, 0.2) is 76.8 Å². The predicted molar refractivity (Wildman–Crippen MR) is 218 cm³/mol. The third-order valence-corrected chi connectivity index (χ3v) is 17.6. The first-order valence-corrected chi connectivity index (χ1v) is 23.2. The molecule has 0 radical (unpaired) electrons. The number of hydrogen-bond donors (Lipinski definition) is 2. The number of fused-ring (bicyclic) bond motifs is 4. The molecule has 60 heavy (non-hydrogen) atoms. The smallest absolute Gasteiger partial charge is 0.507 e. The number of likely N-dealkylation sites (tertiary alicyclic amines) is 1. The SMILES string of the molecule is CN1CCC[C@H]1c1cc(OCc2ccccc2)c2c(c1OC(F)(F)F)C[C@H]1C[C@H]3[C@H](N)c4onc(OCc5ccccc5)c4C(=O)C3(O[Si](C)(C)C(C)(C)C)C(=O)C1=C2O. The number of aromatic nitrogens is 1. The highest BCUT2D eigenvalue weighted by Crippen LogP contribution is 2.59. The number of carbonyl (C=O) groups excluding carboxylic acids is 2. The second-order valence-corrected chi connectivity index (χ2v) is 22.6. The summed E-state index contributed by atoms with van der Waals surface area (Å²) in [6, 6.07) is 18.4. The Kier molecular flexibility index (Phi) is 10.6. The molecule has 1 saturated heterocycles. The molecule has 1 aliphatic heterocycles. The van der Waals surface area contributed by atoms with Crippen molar-refractivity contribution >= 4 is 25.6 Å². The molecule has 4 aliphatic rings. The number of ketones is 2. The minimum Gasteiger partial charge on any atom is -0.507 e. The van der Waals surface area contributed by atoms with Crippen LogP contribution < -0.4 is 19.9 Å². The summed E-state index contributed by atoms with van der Waals surface area (Å²) >= 11 is 0. The molecule has 3 aliphatic carbocycles. The van der Waals surface area contributed by atoms with E-state index in [4.69, 9.17) is 28.9 Å². The van der Waals surface area contributed by atoms with Gasteiger partial charge in [0.05, 0.1) is 11.6 Å². The molecular weight excluding hydrogens is 796 g/mol. The predicted octanol–water partition coefficient (Wildman–Crippen LogP) is 9.19. The number of nitrogens with two attached hydrogens (primary N) is 1. The number of aliphatic hydroxyl groups excluding tert-OH is 1. The number of Topliss-reactive ketones (excluding diaryl/α,β-unsaturated/α-hetero) is 2. The first kappa shape index (κ1) is 41.8. The van der Waals surface area contributed by atoms with Crippen molar-refractivity contribution in [3.05, 3.63) is 111 Å². The lowest BCUT2D eigenvalue weighted by Crippen LogP contribution is -2.68. The molecule has 0 bridgehead atoms. The molecule has 8 rings (SSSR count). The summed E-state index contributed by atoms with van der Waals surface area (Å²) in [6.45, 7) is 10.4. The molecule has 1 aromatic heterocycles. The largest absolute Gasteiger partial charge is 0.573 e. The summed E-state index contributed by atoms with van der Waals surface area (Å²) < 4.78 is 73.5. The molecule has 3 N–H and O–H groups in total. The maximum absolute atomic E-state index is 15.7. The summed E-state index contributed by atoms with van der Waals surface area (Å²) in [5.41, 5.74) is 6.30. The van der Waals surface area contributed by atoms with Gasteiger partial charge >= 0.3 is 6.36 Å². The third-order valence-electron chi connectivity index (χ3n) is 13.1. The highest BCUT2D eigenvalue weighted by Gasteiger charge is 2.68. The fourth-order valence-electron chi connectivity index (χ4n) is 9.13. The number of halogens is 3. The van der Waals surface area contributed by atoms with Gasteiger partial charge < -0.3 is 34.0 Å². The Morgan fingerprint density at radius 1 is 0.967 bits per heavy atom. The number of nitrogens with zero attached hydrogens (tertiary/aromatic N) is 2. The fraction of sp³-hybridized carbons (Fsp3) is 0.444. The van der Waals surface area contributed by atoms with Crippen molar-refractivity contribution in [1.29, 1.82) is 0 Å². The van der Waals surface area contributed by atoms with Crippen LogP contribution in [0.4, 0.5) is 13.2 Å². The zero-order valence-corrected chi connectivity index (χ0v) is 35.5. The van der Waals surface area contributed by atoms with Gasteiger partial charge in [0.15, 0.2) is 19.7 Å². The van der Waals surface area contributed by atoms with Crippen LogP contribution in [0, 0.1) is 11.8 Å². The van der Waals surface area contributed by atoms with Crippen LogP contribution in [0.5, 0.6) is 17.4 Å². The van der Waals surface area contributed by atoms with Crippen molar-refractivity contribution in [2.75, 3.05) is 13.6 Å². The van der Waals surface area contributed by atoms with Crippen LogP contribution in [-0.4, -0.2) is 60.6 Å².